The van der Waals surface area contributed by atoms with Crippen LogP contribution in [-0.4, -0.2) is 38.4 Å². The van der Waals surface area contributed by atoms with Gasteiger partial charge in [0.05, 0.1) is 11.9 Å². The SMILES string of the molecule is CNC(O)c1c(-c2ccc(F)cc2)oc2cc(N(C)S(C)(=O)=O)c(-c3ccc(=O)n(-c4ccc(F)cc4)c3)cc12. The Morgan fingerprint density at radius 2 is 1.55 bits per heavy atom. The Morgan fingerprint density at radius 1 is 0.950 bits per heavy atom. The first kappa shape index (κ1) is 27.3. The Bertz CT molecular complexity index is 1880. The molecule has 0 bridgehead atoms. The van der Waals surface area contributed by atoms with Crippen LogP contribution < -0.4 is 15.2 Å². The van der Waals surface area contributed by atoms with E-state index in [1.165, 1.54) is 78.5 Å². The van der Waals surface area contributed by atoms with E-state index in [2.05, 4.69) is 5.32 Å². The molecule has 0 spiro atoms. The lowest BCUT2D eigenvalue weighted by atomic mass is 9.99. The first-order chi connectivity index (χ1) is 19.0. The monoisotopic (exact) mass is 565 g/mol. The molecular weight excluding hydrogens is 540 g/mol. The van der Waals surface area contributed by atoms with Gasteiger partial charge in [0.1, 0.15) is 29.2 Å². The van der Waals surface area contributed by atoms with Crippen LogP contribution in [0.25, 0.3) is 39.1 Å². The second-order valence-corrected chi connectivity index (χ2v) is 11.3. The zero-order valence-corrected chi connectivity index (χ0v) is 22.5. The summed E-state index contributed by atoms with van der Waals surface area (Å²) in [4.78, 5) is 12.7. The first-order valence-electron chi connectivity index (χ1n) is 12.1. The van der Waals surface area contributed by atoms with Crippen molar-refractivity contribution in [3.8, 4) is 28.1 Å². The van der Waals surface area contributed by atoms with E-state index in [1.54, 1.807) is 19.2 Å². The Kier molecular flexibility index (Phi) is 7.05. The molecule has 3 aromatic carbocycles. The lowest BCUT2D eigenvalue weighted by molar-refractivity contribution is 0.150. The number of aliphatic hydroxyl groups excluding tert-OH is 1. The third kappa shape index (κ3) is 5.02. The molecule has 5 aromatic rings. The van der Waals surface area contributed by atoms with Crippen molar-refractivity contribution in [3.63, 3.8) is 0 Å². The normalized spacial score (nSPS) is 12.6. The van der Waals surface area contributed by atoms with Gasteiger partial charge in [-0.25, -0.2) is 17.2 Å². The van der Waals surface area contributed by atoms with Gasteiger partial charge in [0.15, 0.2) is 0 Å². The average Bonchev–Trinajstić information content (AvgIpc) is 3.30. The van der Waals surface area contributed by atoms with Gasteiger partial charge in [0.25, 0.3) is 5.56 Å². The molecule has 1 atom stereocenters. The highest BCUT2D eigenvalue weighted by atomic mass is 32.2. The quantitative estimate of drug-likeness (QED) is 0.275. The molecule has 8 nitrogen and oxygen atoms in total. The summed E-state index contributed by atoms with van der Waals surface area (Å²) in [7, 11) is -0.783. The van der Waals surface area contributed by atoms with Gasteiger partial charge in [-0.15, -0.1) is 0 Å². The fraction of sp³-hybridized carbons (Fsp3) is 0.138. The molecule has 206 valence electrons. The second-order valence-electron chi connectivity index (χ2n) is 9.24. The van der Waals surface area contributed by atoms with Crippen molar-refractivity contribution in [2.75, 3.05) is 24.7 Å². The molecule has 0 radical (unpaired) electrons. The molecule has 0 fully saturated rings. The van der Waals surface area contributed by atoms with Gasteiger partial charge in [-0.1, -0.05) is 0 Å². The summed E-state index contributed by atoms with van der Waals surface area (Å²) in [6.07, 6.45) is 1.41. The van der Waals surface area contributed by atoms with Crippen molar-refractivity contribution in [2.45, 2.75) is 6.23 Å². The topological polar surface area (TPSA) is 105 Å². The number of pyridine rings is 1. The summed E-state index contributed by atoms with van der Waals surface area (Å²) >= 11 is 0. The largest absolute Gasteiger partial charge is 0.456 e. The summed E-state index contributed by atoms with van der Waals surface area (Å²) in [5, 5.41) is 14.2. The van der Waals surface area contributed by atoms with Crippen molar-refractivity contribution >= 4 is 26.7 Å². The van der Waals surface area contributed by atoms with Gasteiger partial charge < -0.3 is 9.52 Å². The molecule has 11 heteroatoms. The Morgan fingerprint density at radius 3 is 2.15 bits per heavy atom. The minimum absolute atomic E-state index is 0.254. The number of benzene rings is 3. The fourth-order valence-corrected chi connectivity index (χ4v) is 5.01. The number of furan rings is 1. The molecule has 2 heterocycles. The van der Waals surface area contributed by atoms with Crippen molar-refractivity contribution < 1.29 is 26.7 Å². The van der Waals surface area contributed by atoms with E-state index in [1.807, 2.05) is 0 Å². The predicted molar refractivity (Wildman–Crippen MR) is 150 cm³/mol. The number of halogens is 2. The van der Waals surface area contributed by atoms with Crippen LogP contribution in [0, 0.1) is 11.6 Å². The zero-order valence-electron chi connectivity index (χ0n) is 21.7. The number of hydrogen-bond donors (Lipinski definition) is 2. The third-order valence-electron chi connectivity index (χ3n) is 6.66. The van der Waals surface area contributed by atoms with Gasteiger partial charge in [-0.2, -0.15) is 0 Å². The molecular formula is C29H25F2N3O5S. The molecule has 0 aliphatic carbocycles. The summed E-state index contributed by atoms with van der Waals surface area (Å²) in [6.45, 7) is 0. The number of nitrogens with zero attached hydrogens (tertiary/aromatic N) is 2. The van der Waals surface area contributed by atoms with Crippen LogP contribution in [0.3, 0.4) is 0 Å². The fourth-order valence-electron chi connectivity index (χ4n) is 4.50. The highest BCUT2D eigenvalue weighted by molar-refractivity contribution is 7.92. The van der Waals surface area contributed by atoms with Gasteiger partial charge in [0, 0.05) is 58.7 Å². The van der Waals surface area contributed by atoms with Gasteiger partial charge in [-0.3, -0.25) is 19.0 Å². The predicted octanol–water partition coefficient (Wildman–Crippen LogP) is 4.80. The van der Waals surface area contributed by atoms with E-state index in [4.69, 9.17) is 4.42 Å². The molecule has 2 aromatic heterocycles. The van der Waals surface area contributed by atoms with Crippen molar-refractivity contribution in [3.05, 3.63) is 107 Å². The summed E-state index contributed by atoms with van der Waals surface area (Å²) in [5.41, 5.74) is 2.35. The van der Waals surface area contributed by atoms with E-state index < -0.39 is 27.9 Å². The summed E-state index contributed by atoms with van der Waals surface area (Å²) in [5.74, 6) is -0.618. The van der Waals surface area contributed by atoms with Crippen LogP contribution in [0.2, 0.25) is 0 Å². The zero-order chi connectivity index (χ0) is 28.8. The standard InChI is InChI=1S/C29H25F2N3O5S/c1-32-29(36)27-23-14-22(18-6-13-26(35)34(16-18)21-11-9-20(31)10-12-21)24(33(2)40(3,37)38)15-25(23)39-28(27)17-4-7-19(30)8-5-17/h4-16,29,32,36H,1-3H3. The number of aromatic nitrogens is 1. The van der Waals surface area contributed by atoms with Crippen LogP contribution in [0.5, 0.6) is 0 Å². The molecule has 2 N–H and O–H groups in total. The number of sulfonamides is 1. The van der Waals surface area contributed by atoms with Gasteiger partial charge >= 0.3 is 0 Å². The minimum Gasteiger partial charge on any atom is -0.456 e. The molecule has 0 saturated heterocycles. The van der Waals surface area contributed by atoms with Crippen molar-refractivity contribution in [1.82, 2.24) is 9.88 Å². The van der Waals surface area contributed by atoms with Crippen LogP contribution in [0.1, 0.15) is 11.8 Å². The molecule has 0 aliphatic rings. The highest BCUT2D eigenvalue weighted by Crippen LogP contribution is 2.42. The first-order valence-corrected chi connectivity index (χ1v) is 14.0. The van der Waals surface area contributed by atoms with Crippen LogP contribution in [-0.2, 0) is 10.0 Å². The number of hydrogen-bond acceptors (Lipinski definition) is 6. The van der Waals surface area contributed by atoms with E-state index in [0.29, 0.717) is 33.3 Å². The molecule has 0 amide bonds. The van der Waals surface area contributed by atoms with Crippen LogP contribution in [0.4, 0.5) is 14.5 Å². The molecule has 40 heavy (non-hydrogen) atoms. The van der Waals surface area contributed by atoms with Crippen molar-refractivity contribution in [1.29, 1.82) is 0 Å². The van der Waals surface area contributed by atoms with E-state index in [-0.39, 0.29) is 22.6 Å². The Labute approximate surface area is 228 Å². The minimum atomic E-state index is -3.73. The summed E-state index contributed by atoms with van der Waals surface area (Å²) < 4.78 is 60.9. The summed E-state index contributed by atoms with van der Waals surface area (Å²) in [6, 6.07) is 17.0. The number of rotatable bonds is 7. The highest BCUT2D eigenvalue weighted by Gasteiger charge is 2.26. The van der Waals surface area contributed by atoms with Gasteiger partial charge in [0.2, 0.25) is 10.0 Å². The number of aliphatic hydroxyl groups is 1. The molecule has 1 unspecified atom stereocenters. The van der Waals surface area contributed by atoms with E-state index in [0.717, 1.165) is 10.6 Å². The third-order valence-corrected chi connectivity index (χ3v) is 7.85. The maximum Gasteiger partial charge on any atom is 0.255 e. The van der Waals surface area contributed by atoms with Crippen LogP contribution in [0.15, 0.2) is 88.2 Å². The van der Waals surface area contributed by atoms with E-state index >= 15 is 0 Å². The van der Waals surface area contributed by atoms with E-state index in [9.17, 15) is 27.1 Å². The molecule has 5 rings (SSSR count). The molecule has 0 saturated carbocycles. The average molecular weight is 566 g/mol. The number of anilines is 1. The second kappa shape index (κ2) is 10.3. The van der Waals surface area contributed by atoms with Gasteiger partial charge in [-0.05, 0) is 67.7 Å². The Hall–Kier alpha value is -4.32. The lowest BCUT2D eigenvalue weighted by Gasteiger charge is -2.21. The Balaban J connectivity index is 1.82. The molecule has 0 aliphatic heterocycles. The number of nitrogens with one attached hydrogen (secondary N) is 1. The number of fused-ring (bicyclic) bond motifs is 1. The van der Waals surface area contributed by atoms with Crippen LogP contribution >= 0.6 is 0 Å². The smallest absolute Gasteiger partial charge is 0.255 e. The van der Waals surface area contributed by atoms with Crippen molar-refractivity contribution in [2.24, 2.45) is 0 Å². The maximum absolute atomic E-state index is 13.6. The maximum atomic E-state index is 13.6. The lowest BCUT2D eigenvalue weighted by Crippen LogP contribution is -2.25.